The molecule has 17 heteroatoms. The summed E-state index contributed by atoms with van der Waals surface area (Å²) in [5.74, 6) is -0.479. The molecule has 3 fully saturated rings. The number of para-hydroxylation sites is 1. The predicted molar refractivity (Wildman–Crippen MR) is 216 cm³/mol. The van der Waals surface area contributed by atoms with E-state index in [2.05, 4.69) is 27.1 Å². The highest BCUT2D eigenvalue weighted by atomic mass is 19.4. The zero-order valence-electron chi connectivity index (χ0n) is 33.5. The number of piperidine rings is 2. The Hall–Kier alpha value is -5.71. The average Bonchev–Trinajstić information content (AvgIpc) is 3.76. The van der Waals surface area contributed by atoms with Crippen molar-refractivity contribution in [3.63, 3.8) is 0 Å². The van der Waals surface area contributed by atoms with E-state index in [0.29, 0.717) is 40.9 Å². The van der Waals surface area contributed by atoms with Crippen molar-refractivity contribution in [2.45, 2.75) is 75.7 Å². The number of carbonyl (C=O) groups is 3. The standard InChI is InChI=1S/C42H48F3N9O5/c1-49(27-17-19-52(20-18-27)32-8-6-9-33-38(32)51(3)41(58)54(33)34-15-16-37(55)50(2)40(34)57)23-25-11-13-28(14-12-25)53-24-26-21-31(35(59-4)22-30(26)48-53)47-39(56)29-7-5-10-36(46-29)42(43,44)45/h5-10,21-22,24-25,27-28,34H,11-20,23H2,1-4H3,(H,47,56)/t25-,28-,34?. The fourth-order valence-electron chi connectivity index (χ4n) is 9.24. The zero-order chi connectivity index (χ0) is 41.7. The maximum absolute atomic E-state index is 13.6. The number of likely N-dealkylation sites (tertiary alicyclic amines) is 1. The number of imide groups is 1. The minimum Gasteiger partial charge on any atom is -0.494 e. The smallest absolute Gasteiger partial charge is 0.433 e. The van der Waals surface area contributed by atoms with Crippen LogP contribution in [0.2, 0.25) is 0 Å². The molecule has 2 aromatic carbocycles. The van der Waals surface area contributed by atoms with Gasteiger partial charge in [-0.25, -0.2) is 9.78 Å². The number of carbonyl (C=O) groups excluding carboxylic acids is 3. The van der Waals surface area contributed by atoms with Crippen LogP contribution in [-0.4, -0.2) is 98.3 Å². The number of pyridine rings is 1. The summed E-state index contributed by atoms with van der Waals surface area (Å²) in [6.45, 7) is 2.68. The number of aryl methyl sites for hydroxylation is 1. The van der Waals surface area contributed by atoms with Crippen LogP contribution in [0.4, 0.5) is 24.5 Å². The van der Waals surface area contributed by atoms with Crippen LogP contribution in [0.25, 0.3) is 21.9 Å². The summed E-state index contributed by atoms with van der Waals surface area (Å²) in [4.78, 5) is 61.2. The molecule has 2 saturated heterocycles. The number of nitrogens with zero attached hydrogens (tertiary/aromatic N) is 8. The molecule has 1 saturated carbocycles. The van der Waals surface area contributed by atoms with E-state index in [1.165, 1.54) is 20.2 Å². The molecule has 59 heavy (non-hydrogen) atoms. The number of amides is 3. The lowest BCUT2D eigenvalue weighted by Crippen LogP contribution is -2.45. The maximum atomic E-state index is 13.6. The molecule has 3 aromatic heterocycles. The second-order valence-corrected chi connectivity index (χ2v) is 16.1. The molecule has 312 valence electrons. The summed E-state index contributed by atoms with van der Waals surface area (Å²) in [7, 11) is 6.90. The van der Waals surface area contributed by atoms with Gasteiger partial charge in [0, 0.05) is 63.8 Å². The third kappa shape index (κ3) is 7.67. The van der Waals surface area contributed by atoms with Gasteiger partial charge in [0.05, 0.1) is 41.1 Å². The molecule has 8 rings (SSSR count). The number of methoxy groups -OCH3 is 1. The van der Waals surface area contributed by atoms with E-state index in [1.54, 1.807) is 28.3 Å². The number of benzene rings is 2. The van der Waals surface area contributed by atoms with Gasteiger partial charge in [-0.3, -0.25) is 33.1 Å². The first-order chi connectivity index (χ1) is 28.2. The van der Waals surface area contributed by atoms with Gasteiger partial charge in [-0.1, -0.05) is 12.1 Å². The topological polar surface area (TPSA) is 140 Å². The number of likely N-dealkylation sites (N-methyl/N-ethyl adjacent to an activating group) is 1. The molecule has 14 nitrogen and oxygen atoms in total. The first-order valence-corrected chi connectivity index (χ1v) is 20.1. The molecule has 5 heterocycles. The number of imidazole rings is 1. The van der Waals surface area contributed by atoms with Crippen LogP contribution >= 0.6 is 0 Å². The Morgan fingerprint density at radius 3 is 2.41 bits per heavy atom. The Labute approximate surface area is 338 Å². The molecule has 3 amide bonds. The van der Waals surface area contributed by atoms with Crippen LogP contribution in [0, 0.1) is 5.92 Å². The van der Waals surface area contributed by atoms with Crippen molar-refractivity contribution in [1.29, 1.82) is 0 Å². The Kier molecular flexibility index (Phi) is 10.7. The number of aromatic nitrogens is 5. The van der Waals surface area contributed by atoms with Crippen LogP contribution in [0.3, 0.4) is 0 Å². The Morgan fingerprint density at radius 2 is 1.69 bits per heavy atom. The molecule has 1 unspecified atom stereocenters. The third-order valence-electron chi connectivity index (χ3n) is 12.5. The molecule has 5 aromatic rings. The maximum Gasteiger partial charge on any atom is 0.433 e. The highest BCUT2D eigenvalue weighted by Gasteiger charge is 2.37. The Morgan fingerprint density at radius 1 is 0.966 bits per heavy atom. The van der Waals surface area contributed by atoms with Gasteiger partial charge < -0.3 is 19.9 Å². The number of halogens is 3. The van der Waals surface area contributed by atoms with Crippen LogP contribution in [-0.2, 0) is 22.8 Å². The van der Waals surface area contributed by atoms with Crippen molar-refractivity contribution in [3.8, 4) is 5.75 Å². The summed E-state index contributed by atoms with van der Waals surface area (Å²) in [5.41, 5.74) is 1.72. The largest absolute Gasteiger partial charge is 0.494 e. The van der Waals surface area contributed by atoms with E-state index < -0.39 is 23.8 Å². The van der Waals surface area contributed by atoms with Crippen molar-refractivity contribution < 1.29 is 32.3 Å². The van der Waals surface area contributed by atoms with Crippen molar-refractivity contribution in [3.05, 3.63) is 76.6 Å². The molecule has 3 aliphatic rings. The third-order valence-corrected chi connectivity index (χ3v) is 12.5. The molecule has 0 bridgehead atoms. The lowest BCUT2D eigenvalue weighted by Gasteiger charge is -2.40. The van der Waals surface area contributed by atoms with Gasteiger partial charge in [0.1, 0.15) is 23.2 Å². The normalized spacial score (nSPS) is 20.9. The van der Waals surface area contributed by atoms with Gasteiger partial charge in [-0.15, -0.1) is 0 Å². The zero-order valence-corrected chi connectivity index (χ0v) is 33.5. The predicted octanol–water partition coefficient (Wildman–Crippen LogP) is 6.02. The Bertz CT molecular complexity index is 2480. The van der Waals surface area contributed by atoms with Crippen LogP contribution in [0.15, 0.2) is 59.5 Å². The number of hydrogen-bond donors (Lipinski definition) is 1. The van der Waals surface area contributed by atoms with Crippen molar-refractivity contribution in [1.82, 2.24) is 33.7 Å². The van der Waals surface area contributed by atoms with Crippen LogP contribution in [0.5, 0.6) is 5.75 Å². The van der Waals surface area contributed by atoms with Gasteiger partial charge in [-0.05, 0) is 88.2 Å². The number of hydrogen-bond acceptors (Lipinski definition) is 9. The number of anilines is 2. The highest BCUT2D eigenvalue weighted by molar-refractivity contribution is 6.05. The first kappa shape index (κ1) is 40.1. The minimum atomic E-state index is -4.67. The van der Waals surface area contributed by atoms with E-state index in [0.717, 1.165) is 91.8 Å². The van der Waals surface area contributed by atoms with Gasteiger partial charge in [-0.2, -0.15) is 18.3 Å². The lowest BCUT2D eigenvalue weighted by molar-refractivity contribution is -0.149. The number of fused-ring (bicyclic) bond motifs is 2. The summed E-state index contributed by atoms with van der Waals surface area (Å²) in [6, 6.07) is 12.4. The number of nitrogens with one attached hydrogen (secondary N) is 1. The van der Waals surface area contributed by atoms with Gasteiger partial charge >= 0.3 is 11.9 Å². The number of ether oxygens (including phenoxy) is 1. The van der Waals surface area contributed by atoms with Gasteiger partial charge in [0.15, 0.2) is 0 Å². The monoisotopic (exact) mass is 815 g/mol. The molecule has 2 aliphatic heterocycles. The molecule has 1 aliphatic carbocycles. The molecule has 0 radical (unpaired) electrons. The second-order valence-electron chi connectivity index (χ2n) is 16.1. The highest BCUT2D eigenvalue weighted by Crippen LogP contribution is 2.37. The summed E-state index contributed by atoms with van der Waals surface area (Å²) >= 11 is 0. The molecular formula is C42H48F3N9O5. The molecule has 0 spiro atoms. The van der Waals surface area contributed by atoms with Crippen molar-refractivity contribution in [2.24, 2.45) is 13.0 Å². The minimum absolute atomic E-state index is 0.207. The quantitative estimate of drug-likeness (QED) is 0.177. The molecular weight excluding hydrogens is 768 g/mol. The van der Waals surface area contributed by atoms with Crippen molar-refractivity contribution in [2.75, 3.05) is 51.1 Å². The van der Waals surface area contributed by atoms with Gasteiger partial charge in [0.25, 0.3) is 11.8 Å². The number of alkyl halides is 3. The molecule has 1 atom stereocenters. The van der Waals surface area contributed by atoms with Crippen molar-refractivity contribution >= 4 is 51.0 Å². The first-order valence-electron chi connectivity index (χ1n) is 20.1. The molecule has 1 N–H and O–H groups in total. The SMILES string of the molecule is COc1cc2nn([C@H]3CC[C@H](CN(C)C4CCN(c5cccc6c5n(C)c(=O)n6C5CCC(=O)N(C)C5=O)CC4)CC3)cc2cc1NC(=O)c1cccc(C(F)(F)F)n1. The second kappa shape index (κ2) is 15.8. The van der Waals surface area contributed by atoms with E-state index in [4.69, 9.17) is 9.84 Å². The summed E-state index contributed by atoms with van der Waals surface area (Å²) in [5, 5.41) is 8.26. The van der Waals surface area contributed by atoms with E-state index in [1.807, 2.05) is 29.1 Å². The fourth-order valence-corrected chi connectivity index (χ4v) is 9.24. The van der Waals surface area contributed by atoms with Crippen LogP contribution < -0.4 is 20.6 Å². The fraction of sp³-hybridized carbons (Fsp3) is 0.476. The average molecular weight is 816 g/mol. The number of rotatable bonds is 9. The van der Waals surface area contributed by atoms with E-state index in [9.17, 15) is 32.3 Å². The Balaban J connectivity index is 0.868. The lowest BCUT2D eigenvalue weighted by atomic mass is 9.85. The summed E-state index contributed by atoms with van der Waals surface area (Å²) in [6.07, 6.45) is 3.80. The van der Waals surface area contributed by atoms with Gasteiger partial charge in [0.2, 0.25) is 5.91 Å². The summed E-state index contributed by atoms with van der Waals surface area (Å²) < 4.78 is 50.3. The van der Waals surface area contributed by atoms with E-state index in [-0.39, 0.29) is 35.7 Å². The van der Waals surface area contributed by atoms with Crippen LogP contribution in [0.1, 0.15) is 79.6 Å². The van der Waals surface area contributed by atoms with E-state index >= 15 is 0 Å².